The molecule has 0 bridgehead atoms. The summed E-state index contributed by atoms with van der Waals surface area (Å²) in [5.74, 6) is 3.25. The fourth-order valence-electron chi connectivity index (χ4n) is 5.91. The molecule has 1 fully saturated rings. The lowest BCUT2D eigenvalue weighted by Gasteiger charge is -2.35. The molecule has 1 aliphatic carbocycles. The van der Waals surface area contributed by atoms with Crippen LogP contribution in [0.1, 0.15) is 90.1 Å². The van der Waals surface area contributed by atoms with Gasteiger partial charge in [0.2, 0.25) is 0 Å². The molecular formula is C33H48N6O3. The molecule has 3 heterocycles. The average Bonchev–Trinajstić information content (AvgIpc) is 2.96. The van der Waals surface area contributed by atoms with E-state index >= 15 is 0 Å². The Hall–Kier alpha value is -3.27. The minimum absolute atomic E-state index is 0.151. The third-order valence-corrected chi connectivity index (χ3v) is 7.85. The summed E-state index contributed by atoms with van der Waals surface area (Å²) in [4.78, 5) is 15.1. The van der Waals surface area contributed by atoms with E-state index in [4.69, 9.17) is 15.0 Å². The molecule has 3 aromatic rings. The van der Waals surface area contributed by atoms with E-state index in [9.17, 15) is 15.3 Å². The van der Waals surface area contributed by atoms with Crippen LogP contribution in [0.15, 0.2) is 36.4 Å². The minimum Gasteiger partial charge on any atom is -0.396 e. The van der Waals surface area contributed by atoms with E-state index < -0.39 is 0 Å². The highest BCUT2D eigenvalue weighted by molar-refractivity contribution is 5.43. The first-order valence-electron chi connectivity index (χ1n) is 15.4. The SMILES string of the molecule is Cc1cc(NCCCO)nc(C2CC(c3cc(C)cc(NCCCO)n3)CC(c3cc(C)cc(NCCCO)n3)C2)c1. The molecule has 0 unspecified atom stereocenters. The monoisotopic (exact) mass is 576 g/mol. The first-order valence-corrected chi connectivity index (χ1v) is 15.4. The van der Waals surface area contributed by atoms with Gasteiger partial charge >= 0.3 is 0 Å². The number of nitrogens with zero attached hydrogens (tertiary/aromatic N) is 3. The van der Waals surface area contributed by atoms with Crippen LogP contribution in [0.5, 0.6) is 0 Å². The average molecular weight is 577 g/mol. The second-order valence-corrected chi connectivity index (χ2v) is 11.7. The minimum atomic E-state index is 0.151. The predicted molar refractivity (Wildman–Crippen MR) is 170 cm³/mol. The van der Waals surface area contributed by atoms with Crippen molar-refractivity contribution in [2.75, 3.05) is 55.4 Å². The summed E-state index contributed by atoms with van der Waals surface area (Å²) < 4.78 is 0. The van der Waals surface area contributed by atoms with E-state index in [2.05, 4.69) is 73.1 Å². The van der Waals surface area contributed by atoms with Crippen molar-refractivity contribution in [1.29, 1.82) is 0 Å². The smallest absolute Gasteiger partial charge is 0.126 e. The second-order valence-electron chi connectivity index (χ2n) is 11.7. The molecular weight excluding hydrogens is 528 g/mol. The van der Waals surface area contributed by atoms with Gasteiger partial charge in [0.15, 0.2) is 0 Å². The normalized spacial score (nSPS) is 18.6. The highest BCUT2D eigenvalue weighted by atomic mass is 16.3. The number of pyridine rings is 3. The maximum absolute atomic E-state index is 9.23. The largest absolute Gasteiger partial charge is 0.396 e. The van der Waals surface area contributed by atoms with Crippen molar-refractivity contribution < 1.29 is 15.3 Å². The number of aliphatic hydroxyl groups is 3. The van der Waals surface area contributed by atoms with Gasteiger partial charge in [-0.1, -0.05) is 0 Å². The number of aryl methyl sites for hydroxylation is 3. The van der Waals surface area contributed by atoms with Crippen molar-refractivity contribution >= 4 is 17.5 Å². The summed E-state index contributed by atoms with van der Waals surface area (Å²) in [5.41, 5.74) is 6.74. The third kappa shape index (κ3) is 9.11. The van der Waals surface area contributed by atoms with E-state index in [-0.39, 0.29) is 37.6 Å². The van der Waals surface area contributed by atoms with Gasteiger partial charge in [-0.15, -0.1) is 0 Å². The Bertz CT molecular complexity index is 1120. The standard InChI is InChI=1S/C33H48N6O3/c1-22-13-28(37-31(16-22)34-7-4-10-40)25-19-26(29-14-23(2)17-32(38-29)35-8-5-11-41)21-27(20-25)30-15-24(3)18-33(39-30)36-9-6-12-42/h13-18,25-27,40-42H,4-12,19-21H2,1-3H3,(H,34,37)(H,35,38)(H,36,39). The zero-order valence-corrected chi connectivity index (χ0v) is 25.4. The van der Waals surface area contributed by atoms with Gasteiger partial charge in [-0.05, 0) is 112 Å². The maximum Gasteiger partial charge on any atom is 0.126 e. The summed E-state index contributed by atoms with van der Waals surface area (Å²) in [5, 5.41) is 37.8. The summed E-state index contributed by atoms with van der Waals surface area (Å²) >= 11 is 0. The number of hydrogen-bond acceptors (Lipinski definition) is 9. The van der Waals surface area contributed by atoms with Gasteiger partial charge in [-0.3, -0.25) is 0 Å². The van der Waals surface area contributed by atoms with Crippen LogP contribution < -0.4 is 16.0 Å². The van der Waals surface area contributed by atoms with E-state index in [1.165, 1.54) is 16.7 Å². The second kappa shape index (κ2) is 15.8. The highest BCUT2D eigenvalue weighted by Gasteiger charge is 2.34. The Morgan fingerprint density at radius 3 is 1.07 bits per heavy atom. The Balaban J connectivity index is 1.68. The molecule has 3 aromatic heterocycles. The van der Waals surface area contributed by atoms with Crippen molar-refractivity contribution in [2.24, 2.45) is 0 Å². The van der Waals surface area contributed by atoms with Gasteiger partial charge in [0.05, 0.1) is 0 Å². The van der Waals surface area contributed by atoms with Crippen LogP contribution >= 0.6 is 0 Å². The lowest BCUT2D eigenvalue weighted by molar-refractivity contribution is 0.292. The predicted octanol–water partition coefficient (Wildman–Crippen LogP) is 5.01. The van der Waals surface area contributed by atoms with E-state index in [1.807, 2.05) is 0 Å². The molecule has 0 saturated heterocycles. The van der Waals surface area contributed by atoms with Gasteiger partial charge in [-0.2, -0.15) is 0 Å². The Kier molecular flexibility index (Phi) is 11.9. The van der Waals surface area contributed by atoms with Crippen molar-refractivity contribution in [3.8, 4) is 0 Å². The summed E-state index contributed by atoms with van der Waals surface area (Å²) in [7, 11) is 0. The number of hydrogen-bond donors (Lipinski definition) is 6. The number of nitrogens with one attached hydrogen (secondary N) is 3. The van der Waals surface area contributed by atoms with Crippen molar-refractivity contribution in [2.45, 2.75) is 77.0 Å². The van der Waals surface area contributed by atoms with E-state index in [0.29, 0.717) is 38.9 Å². The summed E-state index contributed by atoms with van der Waals surface area (Å²) in [6, 6.07) is 12.8. The first-order chi connectivity index (χ1) is 20.4. The molecule has 0 aromatic carbocycles. The first kappa shape index (κ1) is 31.7. The lowest BCUT2D eigenvalue weighted by Crippen LogP contribution is -2.23. The van der Waals surface area contributed by atoms with Crippen LogP contribution in [-0.4, -0.2) is 69.7 Å². The Morgan fingerprint density at radius 2 is 0.810 bits per heavy atom. The molecule has 1 saturated carbocycles. The zero-order valence-electron chi connectivity index (χ0n) is 25.4. The third-order valence-electron chi connectivity index (χ3n) is 7.85. The van der Waals surface area contributed by atoms with Crippen LogP contribution in [0, 0.1) is 20.8 Å². The number of aliphatic hydroxyl groups excluding tert-OH is 3. The topological polar surface area (TPSA) is 135 Å². The molecule has 9 nitrogen and oxygen atoms in total. The fourth-order valence-corrected chi connectivity index (χ4v) is 5.91. The number of rotatable bonds is 15. The highest BCUT2D eigenvalue weighted by Crippen LogP contribution is 2.47. The van der Waals surface area contributed by atoms with Crippen LogP contribution in [0.25, 0.3) is 0 Å². The molecule has 42 heavy (non-hydrogen) atoms. The van der Waals surface area contributed by atoms with Gasteiger partial charge < -0.3 is 31.3 Å². The van der Waals surface area contributed by atoms with E-state index in [1.54, 1.807) is 0 Å². The van der Waals surface area contributed by atoms with Gasteiger partial charge in [0, 0.05) is 74.3 Å². The maximum atomic E-state index is 9.23. The lowest BCUT2D eigenvalue weighted by atomic mass is 9.71. The van der Waals surface area contributed by atoms with E-state index in [0.717, 1.165) is 53.8 Å². The Labute approximate surface area is 250 Å². The van der Waals surface area contributed by atoms with Crippen molar-refractivity contribution in [3.63, 3.8) is 0 Å². The van der Waals surface area contributed by atoms with Crippen LogP contribution in [-0.2, 0) is 0 Å². The van der Waals surface area contributed by atoms with Crippen LogP contribution in [0.3, 0.4) is 0 Å². The van der Waals surface area contributed by atoms with Crippen molar-refractivity contribution in [1.82, 2.24) is 15.0 Å². The van der Waals surface area contributed by atoms with Crippen LogP contribution in [0.4, 0.5) is 17.5 Å². The van der Waals surface area contributed by atoms with Crippen LogP contribution in [0.2, 0.25) is 0 Å². The molecule has 0 aliphatic heterocycles. The fraction of sp³-hybridized carbons (Fsp3) is 0.545. The summed E-state index contributed by atoms with van der Waals surface area (Å²) in [6.07, 6.45) is 4.88. The summed E-state index contributed by atoms with van der Waals surface area (Å²) in [6.45, 7) is 8.83. The Morgan fingerprint density at radius 1 is 0.524 bits per heavy atom. The molecule has 0 spiro atoms. The van der Waals surface area contributed by atoms with Gasteiger partial charge in [0.1, 0.15) is 17.5 Å². The zero-order chi connectivity index (χ0) is 29.9. The molecule has 0 atom stereocenters. The molecule has 1 aliphatic rings. The molecule has 6 N–H and O–H groups in total. The van der Waals surface area contributed by atoms with Gasteiger partial charge in [0.25, 0.3) is 0 Å². The molecule has 228 valence electrons. The number of aromatic nitrogens is 3. The van der Waals surface area contributed by atoms with Gasteiger partial charge in [-0.25, -0.2) is 15.0 Å². The molecule has 0 amide bonds. The quantitative estimate of drug-likeness (QED) is 0.138. The molecule has 4 rings (SSSR count). The molecule has 0 radical (unpaired) electrons. The number of anilines is 3. The molecule has 9 heteroatoms. The van der Waals surface area contributed by atoms with Crippen molar-refractivity contribution in [3.05, 3.63) is 70.2 Å².